The second-order valence-electron chi connectivity index (χ2n) is 4.27. The summed E-state index contributed by atoms with van der Waals surface area (Å²) in [6.45, 7) is 2.04. The minimum Gasteiger partial charge on any atom is -0.385 e. The molecule has 0 aliphatic carbocycles. The Morgan fingerprint density at radius 1 is 1.50 bits per heavy atom. The number of anilines is 1. The van der Waals surface area contributed by atoms with E-state index in [1.165, 1.54) is 11.5 Å². The van der Waals surface area contributed by atoms with Gasteiger partial charge >= 0.3 is 0 Å². The predicted molar refractivity (Wildman–Crippen MR) is 73.5 cm³/mol. The third kappa shape index (κ3) is 1.93. The van der Waals surface area contributed by atoms with Crippen LogP contribution < -0.4 is 10.6 Å². The molecule has 0 bridgehead atoms. The van der Waals surface area contributed by atoms with Crippen LogP contribution in [0.1, 0.15) is 0 Å². The van der Waals surface area contributed by atoms with Gasteiger partial charge in [-0.1, -0.05) is 12.1 Å². The lowest BCUT2D eigenvalue weighted by Gasteiger charge is -2.32. The molecule has 3 rings (SSSR count). The minimum absolute atomic E-state index is 0.0912. The fourth-order valence-corrected chi connectivity index (χ4v) is 3.02. The molecule has 18 heavy (non-hydrogen) atoms. The first kappa shape index (κ1) is 11.4. The standard InChI is InChI=1S/C12H14N4OS/c13-11(14)10-7-16(5-6-17-10)12-8-3-1-2-4-9(8)15-18-12/h1-4,10H,5-7H2,(H3,13,14). The molecular weight excluding hydrogens is 248 g/mol. The molecule has 0 amide bonds. The van der Waals surface area contributed by atoms with Crippen LogP contribution in [0, 0.1) is 5.41 Å². The van der Waals surface area contributed by atoms with Crippen molar-refractivity contribution in [3.05, 3.63) is 24.3 Å². The summed E-state index contributed by atoms with van der Waals surface area (Å²) in [5.74, 6) is 0.0912. The maximum absolute atomic E-state index is 7.48. The van der Waals surface area contributed by atoms with Gasteiger partial charge < -0.3 is 15.4 Å². The first-order valence-corrected chi connectivity index (χ1v) is 6.58. The van der Waals surface area contributed by atoms with E-state index in [9.17, 15) is 0 Å². The molecule has 1 fully saturated rings. The second-order valence-corrected chi connectivity index (χ2v) is 5.02. The van der Waals surface area contributed by atoms with Gasteiger partial charge in [0.2, 0.25) is 0 Å². The zero-order valence-electron chi connectivity index (χ0n) is 9.80. The number of ether oxygens (including phenoxy) is 1. The van der Waals surface area contributed by atoms with Crippen LogP contribution in [-0.2, 0) is 4.74 Å². The van der Waals surface area contributed by atoms with Crippen LogP contribution in [0.15, 0.2) is 24.3 Å². The highest BCUT2D eigenvalue weighted by atomic mass is 32.1. The number of hydrogen-bond donors (Lipinski definition) is 2. The van der Waals surface area contributed by atoms with Crippen LogP contribution >= 0.6 is 11.5 Å². The molecule has 1 unspecified atom stereocenters. The van der Waals surface area contributed by atoms with Crippen molar-refractivity contribution >= 4 is 33.3 Å². The highest BCUT2D eigenvalue weighted by molar-refractivity contribution is 7.11. The van der Waals surface area contributed by atoms with E-state index in [-0.39, 0.29) is 11.9 Å². The molecule has 1 aromatic carbocycles. The number of nitrogens with one attached hydrogen (secondary N) is 1. The predicted octanol–water partition coefficient (Wildman–Crippen LogP) is 1.44. The first-order chi connectivity index (χ1) is 8.75. The van der Waals surface area contributed by atoms with E-state index in [2.05, 4.69) is 15.3 Å². The Balaban J connectivity index is 1.92. The number of nitrogens with zero attached hydrogens (tertiary/aromatic N) is 2. The lowest BCUT2D eigenvalue weighted by molar-refractivity contribution is 0.0830. The summed E-state index contributed by atoms with van der Waals surface area (Å²) in [6, 6.07) is 8.09. The van der Waals surface area contributed by atoms with E-state index in [4.69, 9.17) is 15.9 Å². The quantitative estimate of drug-likeness (QED) is 0.634. The van der Waals surface area contributed by atoms with Crippen molar-refractivity contribution in [2.24, 2.45) is 5.73 Å². The number of amidine groups is 1. The number of rotatable bonds is 2. The Bertz CT molecular complexity index is 582. The summed E-state index contributed by atoms with van der Waals surface area (Å²) < 4.78 is 9.91. The number of hydrogen-bond acceptors (Lipinski definition) is 5. The van der Waals surface area contributed by atoms with Gasteiger partial charge in [-0.05, 0) is 23.7 Å². The van der Waals surface area contributed by atoms with Crippen molar-refractivity contribution in [1.29, 1.82) is 5.41 Å². The molecule has 2 aromatic rings. The van der Waals surface area contributed by atoms with E-state index in [1.54, 1.807) is 0 Å². The lowest BCUT2D eigenvalue weighted by atomic mass is 10.2. The SMILES string of the molecule is N=C(N)C1CN(c2snc3ccccc23)CCO1. The van der Waals surface area contributed by atoms with Gasteiger partial charge in [0.1, 0.15) is 16.9 Å². The second kappa shape index (κ2) is 4.55. The minimum atomic E-state index is -0.306. The van der Waals surface area contributed by atoms with Crippen molar-refractivity contribution in [1.82, 2.24) is 4.37 Å². The lowest BCUT2D eigenvalue weighted by Crippen LogP contribution is -2.48. The van der Waals surface area contributed by atoms with E-state index >= 15 is 0 Å². The molecule has 5 nitrogen and oxygen atoms in total. The van der Waals surface area contributed by atoms with Crippen LogP contribution in [0.3, 0.4) is 0 Å². The van der Waals surface area contributed by atoms with Gasteiger partial charge in [-0.25, -0.2) is 0 Å². The van der Waals surface area contributed by atoms with Crippen molar-refractivity contribution in [2.45, 2.75) is 6.10 Å². The van der Waals surface area contributed by atoms with Crippen molar-refractivity contribution in [3.8, 4) is 0 Å². The third-order valence-electron chi connectivity index (χ3n) is 3.07. The Kier molecular flexibility index (Phi) is 2.89. The van der Waals surface area contributed by atoms with Crippen molar-refractivity contribution in [2.75, 3.05) is 24.6 Å². The van der Waals surface area contributed by atoms with Gasteiger partial charge in [0.15, 0.2) is 0 Å². The van der Waals surface area contributed by atoms with Crippen LogP contribution in [0.2, 0.25) is 0 Å². The molecule has 94 valence electrons. The molecule has 6 heteroatoms. The van der Waals surface area contributed by atoms with Gasteiger partial charge in [0.05, 0.1) is 18.7 Å². The summed E-state index contributed by atoms with van der Waals surface area (Å²) >= 11 is 1.49. The number of benzene rings is 1. The average molecular weight is 262 g/mol. The van der Waals surface area contributed by atoms with Gasteiger partial charge in [-0.2, -0.15) is 4.37 Å². The van der Waals surface area contributed by atoms with Crippen molar-refractivity contribution < 1.29 is 4.74 Å². The van der Waals surface area contributed by atoms with Gasteiger partial charge in [-0.15, -0.1) is 0 Å². The monoisotopic (exact) mass is 262 g/mol. The largest absolute Gasteiger partial charge is 0.385 e. The molecule has 0 spiro atoms. The average Bonchev–Trinajstić information content (AvgIpc) is 2.82. The van der Waals surface area contributed by atoms with Gasteiger partial charge in [0.25, 0.3) is 0 Å². The van der Waals surface area contributed by atoms with E-state index < -0.39 is 0 Å². The maximum Gasteiger partial charge on any atom is 0.131 e. The maximum atomic E-state index is 7.48. The molecule has 0 saturated carbocycles. The Hall–Kier alpha value is -1.66. The summed E-state index contributed by atoms with van der Waals surface area (Å²) in [4.78, 5) is 2.20. The molecule has 1 atom stereocenters. The summed E-state index contributed by atoms with van der Waals surface area (Å²) in [5, 5.41) is 9.78. The van der Waals surface area contributed by atoms with Crippen LogP contribution in [-0.4, -0.2) is 36.0 Å². The third-order valence-corrected chi connectivity index (χ3v) is 4.00. The smallest absolute Gasteiger partial charge is 0.131 e. The Morgan fingerprint density at radius 3 is 3.17 bits per heavy atom. The number of fused-ring (bicyclic) bond motifs is 1. The molecule has 1 saturated heterocycles. The van der Waals surface area contributed by atoms with Crippen LogP contribution in [0.4, 0.5) is 5.00 Å². The van der Waals surface area contributed by atoms with Crippen LogP contribution in [0.25, 0.3) is 10.9 Å². The normalized spacial score (nSPS) is 20.2. The zero-order valence-corrected chi connectivity index (χ0v) is 10.6. The summed E-state index contributed by atoms with van der Waals surface area (Å²) in [6.07, 6.45) is -0.306. The molecular formula is C12H14N4OS. The fraction of sp³-hybridized carbons (Fsp3) is 0.333. The number of morpholine rings is 1. The van der Waals surface area contributed by atoms with Gasteiger partial charge in [0, 0.05) is 11.9 Å². The van der Waals surface area contributed by atoms with Crippen molar-refractivity contribution in [3.63, 3.8) is 0 Å². The topological polar surface area (TPSA) is 75.2 Å². The fourth-order valence-electron chi connectivity index (χ4n) is 2.13. The van der Waals surface area contributed by atoms with E-state index in [0.717, 1.165) is 22.4 Å². The number of aromatic nitrogens is 1. The Labute approximate surface area is 109 Å². The highest BCUT2D eigenvalue weighted by Crippen LogP contribution is 2.31. The molecule has 3 N–H and O–H groups in total. The van der Waals surface area contributed by atoms with Crippen LogP contribution in [0.5, 0.6) is 0 Å². The molecule has 0 radical (unpaired) electrons. The summed E-state index contributed by atoms with van der Waals surface area (Å²) in [7, 11) is 0. The Morgan fingerprint density at radius 2 is 2.33 bits per heavy atom. The van der Waals surface area contributed by atoms with E-state index in [0.29, 0.717) is 13.2 Å². The van der Waals surface area contributed by atoms with Gasteiger partial charge in [-0.3, -0.25) is 5.41 Å². The number of nitrogens with two attached hydrogens (primary N) is 1. The first-order valence-electron chi connectivity index (χ1n) is 5.80. The summed E-state index contributed by atoms with van der Waals surface area (Å²) in [5.41, 5.74) is 6.53. The molecule has 2 heterocycles. The molecule has 1 aromatic heterocycles. The molecule has 1 aliphatic rings. The highest BCUT2D eigenvalue weighted by Gasteiger charge is 2.25. The molecule has 1 aliphatic heterocycles. The van der Waals surface area contributed by atoms with E-state index in [1.807, 2.05) is 18.2 Å². The zero-order chi connectivity index (χ0) is 12.5.